The van der Waals surface area contributed by atoms with E-state index in [1.807, 2.05) is 6.07 Å². The Bertz CT molecular complexity index is 621. The summed E-state index contributed by atoms with van der Waals surface area (Å²) in [5, 5.41) is 0. The van der Waals surface area contributed by atoms with Gasteiger partial charge in [0, 0.05) is 12.4 Å². The summed E-state index contributed by atoms with van der Waals surface area (Å²) < 4.78 is 0. The molecule has 3 N–H and O–H groups in total. The molecule has 0 spiro atoms. The molecule has 1 unspecified atom stereocenters. The third kappa shape index (κ3) is 2.71. The molecule has 1 atom stereocenters. The fourth-order valence-electron chi connectivity index (χ4n) is 2.88. The zero-order valence-electron chi connectivity index (χ0n) is 11.5. The van der Waals surface area contributed by atoms with E-state index in [1.165, 1.54) is 24.8 Å². The highest BCUT2D eigenvalue weighted by molar-refractivity contribution is 5.74. The summed E-state index contributed by atoms with van der Waals surface area (Å²) >= 11 is 0. The lowest BCUT2D eigenvalue weighted by molar-refractivity contribution is 0.593. The van der Waals surface area contributed by atoms with Gasteiger partial charge in [-0.2, -0.15) is 0 Å². The van der Waals surface area contributed by atoms with E-state index in [-0.39, 0.29) is 6.04 Å². The number of hydrogen-bond donors (Lipinski definition) is 2. The Labute approximate surface area is 119 Å². The zero-order valence-corrected chi connectivity index (χ0v) is 11.5. The van der Waals surface area contributed by atoms with Crippen LogP contribution in [0.4, 0.5) is 0 Å². The van der Waals surface area contributed by atoms with Crippen LogP contribution in [0, 0.1) is 0 Å². The van der Waals surface area contributed by atoms with Crippen molar-refractivity contribution in [3.8, 4) is 0 Å². The fraction of sp³-hybridized carbons (Fsp3) is 0.375. The van der Waals surface area contributed by atoms with Crippen LogP contribution in [0.25, 0.3) is 11.0 Å². The predicted octanol–water partition coefficient (Wildman–Crippen LogP) is 3.02. The van der Waals surface area contributed by atoms with Crippen LogP contribution in [0.1, 0.15) is 43.7 Å². The highest BCUT2D eigenvalue weighted by Gasteiger charge is 2.16. The summed E-state index contributed by atoms with van der Waals surface area (Å²) in [5.74, 6) is 5.80. The topological polar surface area (TPSA) is 63.8 Å². The highest BCUT2D eigenvalue weighted by Crippen LogP contribution is 2.29. The maximum absolute atomic E-state index is 5.80. The van der Waals surface area contributed by atoms with Gasteiger partial charge in [0.15, 0.2) is 0 Å². The number of hydrazine groups is 1. The lowest BCUT2D eigenvalue weighted by atomic mass is 9.95. The van der Waals surface area contributed by atoms with Gasteiger partial charge in [0.05, 0.1) is 17.1 Å². The van der Waals surface area contributed by atoms with Gasteiger partial charge in [-0.15, -0.1) is 0 Å². The zero-order chi connectivity index (χ0) is 13.8. The molecule has 0 radical (unpaired) electrons. The summed E-state index contributed by atoms with van der Waals surface area (Å²) in [6, 6.07) is 6.27. The molecule has 0 aliphatic heterocycles. The van der Waals surface area contributed by atoms with E-state index in [4.69, 9.17) is 5.84 Å². The van der Waals surface area contributed by atoms with Crippen LogP contribution in [0.5, 0.6) is 0 Å². The van der Waals surface area contributed by atoms with E-state index >= 15 is 0 Å². The van der Waals surface area contributed by atoms with Crippen molar-refractivity contribution in [1.29, 1.82) is 0 Å². The fourth-order valence-corrected chi connectivity index (χ4v) is 2.88. The Morgan fingerprint density at radius 1 is 1.05 bits per heavy atom. The molecule has 20 heavy (non-hydrogen) atoms. The Morgan fingerprint density at radius 2 is 1.90 bits per heavy atom. The van der Waals surface area contributed by atoms with Crippen molar-refractivity contribution in [1.82, 2.24) is 15.4 Å². The molecule has 1 aromatic carbocycles. The van der Waals surface area contributed by atoms with Gasteiger partial charge in [0.1, 0.15) is 0 Å². The van der Waals surface area contributed by atoms with E-state index in [0.717, 1.165) is 29.4 Å². The summed E-state index contributed by atoms with van der Waals surface area (Å²) in [7, 11) is 0. The van der Waals surface area contributed by atoms with Crippen molar-refractivity contribution in [2.24, 2.45) is 5.84 Å². The van der Waals surface area contributed by atoms with Crippen LogP contribution in [-0.4, -0.2) is 9.97 Å². The Hall–Kier alpha value is -1.78. The molecule has 2 aromatic rings. The lowest BCUT2D eigenvalue weighted by Crippen LogP contribution is -2.29. The standard InChI is InChI=1S/C16H20N4/c17-20-16(12-5-3-1-2-4-6-12)13-7-8-14-15(11-13)19-10-9-18-14/h5,7-11,16,20H,1-4,6,17H2. The molecule has 1 aromatic heterocycles. The molecule has 0 bridgehead atoms. The number of benzene rings is 1. The third-order valence-electron chi connectivity index (χ3n) is 3.94. The molecular weight excluding hydrogens is 248 g/mol. The molecule has 1 heterocycles. The van der Waals surface area contributed by atoms with E-state index in [1.54, 1.807) is 12.4 Å². The van der Waals surface area contributed by atoms with Crippen LogP contribution in [0.3, 0.4) is 0 Å². The number of nitrogens with two attached hydrogens (primary N) is 1. The lowest BCUT2D eigenvalue weighted by Gasteiger charge is -2.20. The van der Waals surface area contributed by atoms with Gasteiger partial charge in [0.2, 0.25) is 0 Å². The third-order valence-corrected chi connectivity index (χ3v) is 3.94. The van der Waals surface area contributed by atoms with Crippen LogP contribution in [0.2, 0.25) is 0 Å². The maximum Gasteiger partial charge on any atom is 0.0890 e. The molecule has 0 saturated carbocycles. The van der Waals surface area contributed by atoms with Crippen molar-refractivity contribution in [3.63, 3.8) is 0 Å². The van der Waals surface area contributed by atoms with Crippen molar-refractivity contribution in [2.45, 2.75) is 38.1 Å². The Balaban J connectivity index is 1.95. The minimum atomic E-state index is 0.0829. The number of hydrogen-bond acceptors (Lipinski definition) is 4. The molecule has 0 fully saturated rings. The molecule has 3 rings (SSSR count). The van der Waals surface area contributed by atoms with Gasteiger partial charge in [0.25, 0.3) is 0 Å². The van der Waals surface area contributed by atoms with Crippen LogP contribution in [0.15, 0.2) is 42.2 Å². The van der Waals surface area contributed by atoms with E-state index in [0.29, 0.717) is 0 Å². The summed E-state index contributed by atoms with van der Waals surface area (Å²) in [6.45, 7) is 0. The quantitative estimate of drug-likeness (QED) is 0.510. The monoisotopic (exact) mass is 268 g/mol. The minimum absolute atomic E-state index is 0.0829. The molecule has 0 amide bonds. The van der Waals surface area contributed by atoms with Gasteiger partial charge >= 0.3 is 0 Å². The molecule has 1 aliphatic rings. The van der Waals surface area contributed by atoms with Crippen LogP contribution >= 0.6 is 0 Å². The number of rotatable bonds is 3. The number of nitrogens with one attached hydrogen (secondary N) is 1. The van der Waals surface area contributed by atoms with Gasteiger partial charge in [-0.3, -0.25) is 15.8 Å². The summed E-state index contributed by atoms with van der Waals surface area (Å²) in [4.78, 5) is 8.68. The normalized spacial score (nSPS) is 17.6. The van der Waals surface area contributed by atoms with Gasteiger partial charge in [-0.05, 0) is 43.4 Å². The van der Waals surface area contributed by atoms with Crippen molar-refractivity contribution < 1.29 is 0 Å². The Morgan fingerprint density at radius 3 is 2.75 bits per heavy atom. The van der Waals surface area contributed by atoms with Crippen LogP contribution in [-0.2, 0) is 0 Å². The van der Waals surface area contributed by atoms with Crippen molar-refractivity contribution in [3.05, 3.63) is 47.8 Å². The molecule has 4 heteroatoms. The second-order valence-electron chi connectivity index (χ2n) is 5.28. The number of nitrogens with zero attached hydrogens (tertiary/aromatic N) is 2. The van der Waals surface area contributed by atoms with E-state index in [2.05, 4.69) is 33.6 Å². The summed E-state index contributed by atoms with van der Waals surface area (Å²) in [6.07, 6.45) is 11.9. The summed E-state index contributed by atoms with van der Waals surface area (Å²) in [5.41, 5.74) is 7.36. The number of fused-ring (bicyclic) bond motifs is 1. The molecular formula is C16H20N4. The molecule has 104 valence electrons. The molecule has 1 aliphatic carbocycles. The highest BCUT2D eigenvalue weighted by atomic mass is 15.2. The first-order chi connectivity index (χ1) is 9.88. The first-order valence-corrected chi connectivity index (χ1v) is 7.24. The largest absolute Gasteiger partial charge is 0.271 e. The SMILES string of the molecule is NNC(C1=CCCCCC1)c1ccc2nccnc2c1. The average Bonchev–Trinajstić information content (AvgIpc) is 2.77. The minimum Gasteiger partial charge on any atom is -0.271 e. The second-order valence-corrected chi connectivity index (χ2v) is 5.28. The van der Waals surface area contributed by atoms with Crippen LogP contribution < -0.4 is 11.3 Å². The van der Waals surface area contributed by atoms with Gasteiger partial charge in [-0.25, -0.2) is 5.43 Å². The second kappa shape index (κ2) is 6.11. The number of allylic oxidation sites excluding steroid dienone is 1. The average molecular weight is 268 g/mol. The van der Waals surface area contributed by atoms with Gasteiger partial charge in [-0.1, -0.05) is 24.1 Å². The van der Waals surface area contributed by atoms with E-state index < -0.39 is 0 Å². The van der Waals surface area contributed by atoms with E-state index in [9.17, 15) is 0 Å². The molecule has 0 saturated heterocycles. The van der Waals surface area contributed by atoms with Crippen molar-refractivity contribution >= 4 is 11.0 Å². The Kier molecular flexibility index (Phi) is 4.04. The van der Waals surface area contributed by atoms with Gasteiger partial charge < -0.3 is 0 Å². The smallest absolute Gasteiger partial charge is 0.0890 e. The van der Waals surface area contributed by atoms with Crippen molar-refractivity contribution in [2.75, 3.05) is 0 Å². The predicted molar refractivity (Wildman–Crippen MR) is 80.8 cm³/mol. The molecule has 4 nitrogen and oxygen atoms in total. The number of aromatic nitrogens is 2. The first kappa shape index (κ1) is 13.2. The first-order valence-electron chi connectivity index (χ1n) is 7.24. The maximum atomic E-state index is 5.80.